The molecule has 0 atom stereocenters. The highest BCUT2D eigenvalue weighted by Crippen LogP contribution is 2.21. The largest absolute Gasteiger partial charge is 0.496 e. The average Bonchev–Trinajstić information content (AvgIpc) is 2.73. The predicted octanol–water partition coefficient (Wildman–Crippen LogP) is 1.44. The number of esters is 2. The van der Waals surface area contributed by atoms with E-state index in [1.807, 2.05) is 6.07 Å². The second-order valence-electron chi connectivity index (χ2n) is 6.21. The number of methoxy groups -OCH3 is 3. The number of nitrogens with one attached hydrogen (secondary N) is 1. The van der Waals surface area contributed by atoms with Crippen LogP contribution in [0.5, 0.6) is 5.75 Å². The summed E-state index contributed by atoms with van der Waals surface area (Å²) in [5.74, 6) is 0.594. The van der Waals surface area contributed by atoms with Gasteiger partial charge in [0.25, 0.3) is 0 Å². The van der Waals surface area contributed by atoms with Crippen molar-refractivity contribution in [2.75, 3.05) is 41.5 Å². The van der Waals surface area contributed by atoms with Crippen LogP contribution in [-0.2, 0) is 20.8 Å². The third-order valence-electron chi connectivity index (χ3n) is 4.66. The zero-order valence-electron chi connectivity index (χ0n) is 16.3. The maximum Gasteiger partial charge on any atom is 0.341 e. The number of guanidine groups is 1. The van der Waals surface area contributed by atoms with Crippen LogP contribution in [0, 0.1) is 5.92 Å². The Morgan fingerprint density at radius 1 is 1.19 bits per heavy atom. The van der Waals surface area contributed by atoms with E-state index in [0.29, 0.717) is 17.9 Å². The molecule has 2 rings (SSSR count). The van der Waals surface area contributed by atoms with E-state index in [2.05, 4.69) is 15.2 Å². The Hall–Kier alpha value is -2.77. The summed E-state index contributed by atoms with van der Waals surface area (Å²) in [7, 11) is 6.00. The smallest absolute Gasteiger partial charge is 0.341 e. The number of benzene rings is 1. The highest BCUT2D eigenvalue weighted by atomic mass is 16.5. The van der Waals surface area contributed by atoms with E-state index >= 15 is 0 Å². The van der Waals surface area contributed by atoms with Crippen molar-refractivity contribution >= 4 is 17.9 Å². The van der Waals surface area contributed by atoms with Gasteiger partial charge in [0.05, 0.1) is 27.2 Å². The normalized spacial score (nSPS) is 15.3. The van der Waals surface area contributed by atoms with E-state index in [1.165, 1.54) is 21.3 Å². The molecule has 27 heavy (non-hydrogen) atoms. The molecule has 0 aliphatic carbocycles. The molecule has 1 aromatic rings. The first-order valence-electron chi connectivity index (χ1n) is 8.82. The number of carbonyl (C=O) groups excluding carboxylic acids is 2. The van der Waals surface area contributed by atoms with Gasteiger partial charge in [0.15, 0.2) is 5.96 Å². The maximum atomic E-state index is 11.9. The zero-order valence-corrected chi connectivity index (χ0v) is 16.3. The molecular weight excluding hydrogens is 350 g/mol. The Morgan fingerprint density at radius 2 is 1.89 bits per heavy atom. The van der Waals surface area contributed by atoms with Gasteiger partial charge in [-0.3, -0.25) is 9.79 Å². The number of nitrogens with zero attached hydrogens (tertiary/aromatic N) is 2. The number of ether oxygens (including phenoxy) is 3. The summed E-state index contributed by atoms with van der Waals surface area (Å²) in [6.07, 6.45) is 1.48. The lowest BCUT2D eigenvalue weighted by Crippen LogP contribution is -2.46. The van der Waals surface area contributed by atoms with Crippen LogP contribution in [0.3, 0.4) is 0 Å². The zero-order chi connectivity index (χ0) is 19.8. The molecule has 1 aliphatic heterocycles. The minimum absolute atomic E-state index is 0.0476. The highest BCUT2D eigenvalue weighted by molar-refractivity contribution is 5.92. The summed E-state index contributed by atoms with van der Waals surface area (Å²) in [4.78, 5) is 30.0. The molecule has 1 fully saturated rings. The summed E-state index contributed by atoms with van der Waals surface area (Å²) < 4.78 is 14.8. The van der Waals surface area contributed by atoms with Crippen molar-refractivity contribution in [2.45, 2.75) is 19.4 Å². The van der Waals surface area contributed by atoms with Crippen LogP contribution in [0.15, 0.2) is 23.2 Å². The van der Waals surface area contributed by atoms with Gasteiger partial charge in [-0.1, -0.05) is 6.07 Å². The van der Waals surface area contributed by atoms with Crippen LogP contribution >= 0.6 is 0 Å². The van der Waals surface area contributed by atoms with Crippen molar-refractivity contribution in [1.29, 1.82) is 0 Å². The van der Waals surface area contributed by atoms with Gasteiger partial charge in [-0.2, -0.15) is 0 Å². The van der Waals surface area contributed by atoms with Crippen molar-refractivity contribution in [3.05, 3.63) is 29.3 Å². The van der Waals surface area contributed by atoms with Gasteiger partial charge in [0.1, 0.15) is 11.3 Å². The van der Waals surface area contributed by atoms with Crippen LogP contribution in [0.4, 0.5) is 0 Å². The van der Waals surface area contributed by atoms with E-state index in [4.69, 9.17) is 14.2 Å². The lowest BCUT2D eigenvalue weighted by Gasteiger charge is -2.33. The van der Waals surface area contributed by atoms with Gasteiger partial charge < -0.3 is 24.4 Å². The fourth-order valence-corrected chi connectivity index (χ4v) is 3.14. The number of carbonyl (C=O) groups is 2. The minimum atomic E-state index is -0.442. The van der Waals surface area contributed by atoms with Crippen molar-refractivity contribution in [3.8, 4) is 5.75 Å². The summed E-state index contributed by atoms with van der Waals surface area (Å²) in [5.41, 5.74) is 1.29. The van der Waals surface area contributed by atoms with Crippen molar-refractivity contribution in [2.24, 2.45) is 10.9 Å². The van der Waals surface area contributed by atoms with Gasteiger partial charge in [0, 0.05) is 26.7 Å². The standard InChI is InChI=1S/C19H27N3O5/c1-20-19(22-9-7-14(8-10-22)17(23)26-3)21-12-13-5-6-16(25-2)15(11-13)18(24)27-4/h5-6,11,14H,7-10,12H2,1-4H3,(H,20,21). The summed E-state index contributed by atoms with van der Waals surface area (Å²) in [5, 5.41) is 3.30. The Labute approximate surface area is 159 Å². The molecule has 1 aromatic carbocycles. The van der Waals surface area contributed by atoms with Gasteiger partial charge in [-0.15, -0.1) is 0 Å². The quantitative estimate of drug-likeness (QED) is 0.472. The lowest BCUT2D eigenvalue weighted by atomic mass is 9.97. The monoisotopic (exact) mass is 377 g/mol. The molecule has 0 radical (unpaired) electrons. The number of aliphatic imine (C=N–C) groups is 1. The van der Waals surface area contributed by atoms with Gasteiger partial charge in [-0.25, -0.2) is 4.79 Å². The third-order valence-corrected chi connectivity index (χ3v) is 4.66. The number of hydrogen-bond donors (Lipinski definition) is 1. The van der Waals surface area contributed by atoms with Gasteiger partial charge in [0.2, 0.25) is 0 Å². The lowest BCUT2D eigenvalue weighted by molar-refractivity contribution is -0.146. The Kier molecular flexibility index (Phi) is 7.45. The minimum Gasteiger partial charge on any atom is -0.496 e. The first-order valence-corrected chi connectivity index (χ1v) is 8.82. The van der Waals surface area contributed by atoms with E-state index in [0.717, 1.165) is 37.5 Å². The van der Waals surface area contributed by atoms with Crippen LogP contribution in [0.25, 0.3) is 0 Å². The molecule has 0 spiro atoms. The number of hydrogen-bond acceptors (Lipinski definition) is 6. The second-order valence-corrected chi connectivity index (χ2v) is 6.21. The molecular formula is C19H27N3O5. The summed E-state index contributed by atoms with van der Waals surface area (Å²) in [6.45, 7) is 1.96. The predicted molar refractivity (Wildman–Crippen MR) is 101 cm³/mol. The molecule has 1 aliphatic rings. The summed E-state index contributed by atoms with van der Waals surface area (Å²) in [6, 6.07) is 5.37. The van der Waals surface area contributed by atoms with E-state index in [9.17, 15) is 9.59 Å². The van der Waals surface area contributed by atoms with Gasteiger partial charge in [-0.05, 0) is 30.5 Å². The number of likely N-dealkylation sites (tertiary alicyclic amines) is 1. The molecule has 0 aromatic heterocycles. The van der Waals surface area contributed by atoms with Crippen molar-refractivity contribution in [1.82, 2.24) is 10.2 Å². The van der Waals surface area contributed by atoms with Crippen LogP contribution in [-0.4, -0.2) is 64.3 Å². The molecule has 1 heterocycles. The second kappa shape index (κ2) is 9.80. The molecule has 0 saturated carbocycles. The molecule has 8 nitrogen and oxygen atoms in total. The maximum absolute atomic E-state index is 11.9. The Morgan fingerprint density at radius 3 is 2.44 bits per heavy atom. The molecule has 0 bridgehead atoms. The van der Waals surface area contributed by atoms with Crippen LogP contribution in [0.2, 0.25) is 0 Å². The molecule has 1 saturated heterocycles. The van der Waals surface area contributed by atoms with E-state index in [-0.39, 0.29) is 11.9 Å². The molecule has 148 valence electrons. The molecule has 1 N–H and O–H groups in total. The molecule has 0 unspecified atom stereocenters. The molecule has 8 heteroatoms. The average molecular weight is 377 g/mol. The Bertz CT molecular complexity index is 697. The third kappa shape index (κ3) is 5.12. The van der Waals surface area contributed by atoms with Crippen LogP contribution < -0.4 is 10.1 Å². The van der Waals surface area contributed by atoms with E-state index in [1.54, 1.807) is 19.2 Å². The van der Waals surface area contributed by atoms with Crippen LogP contribution in [0.1, 0.15) is 28.8 Å². The fraction of sp³-hybridized carbons (Fsp3) is 0.526. The summed E-state index contributed by atoms with van der Waals surface area (Å²) >= 11 is 0. The van der Waals surface area contributed by atoms with Crippen molar-refractivity contribution in [3.63, 3.8) is 0 Å². The SMILES string of the molecule is CN=C(NCc1ccc(OC)c(C(=O)OC)c1)N1CCC(C(=O)OC)CC1. The fourth-order valence-electron chi connectivity index (χ4n) is 3.14. The first-order chi connectivity index (χ1) is 13.0. The van der Waals surface area contributed by atoms with E-state index < -0.39 is 5.97 Å². The Balaban J connectivity index is 1.99. The number of piperidine rings is 1. The van der Waals surface area contributed by atoms with Crippen molar-refractivity contribution < 1.29 is 23.8 Å². The topological polar surface area (TPSA) is 89.5 Å². The van der Waals surface area contributed by atoms with Gasteiger partial charge >= 0.3 is 11.9 Å². The highest BCUT2D eigenvalue weighted by Gasteiger charge is 2.27. The first kappa shape index (κ1) is 20.5. The number of rotatable bonds is 5. The molecule has 0 amide bonds.